The zero-order valence-electron chi connectivity index (χ0n) is 10.4. The quantitative estimate of drug-likeness (QED) is 0.264. The number of hydrogen-bond acceptors (Lipinski definition) is 4. The van der Waals surface area contributed by atoms with Crippen molar-refractivity contribution in [1.29, 1.82) is 0 Å². The zero-order valence-corrected chi connectivity index (χ0v) is 10.4. The predicted molar refractivity (Wildman–Crippen MR) is 65.9 cm³/mol. The fraction of sp³-hybridized carbons (Fsp3) is 0.818. The predicted octanol–water partition coefficient (Wildman–Crippen LogP) is -0.0290. The van der Waals surface area contributed by atoms with E-state index in [2.05, 4.69) is 15.4 Å². The number of rotatable bonds is 6. The second kappa shape index (κ2) is 7.11. The van der Waals surface area contributed by atoms with E-state index < -0.39 is 5.92 Å². The molecule has 6 heteroatoms. The molecule has 1 unspecified atom stereocenters. The molecule has 4 N–H and O–H groups in total. The molecule has 0 saturated carbocycles. The average Bonchev–Trinajstić information content (AvgIpc) is 2.82. The minimum absolute atomic E-state index is 0.0221. The number of nitrogens with one attached hydrogen (secondary N) is 1. The van der Waals surface area contributed by atoms with Gasteiger partial charge in [0.15, 0.2) is 5.84 Å². The van der Waals surface area contributed by atoms with Gasteiger partial charge in [-0.2, -0.15) is 0 Å². The van der Waals surface area contributed by atoms with Gasteiger partial charge in [0.2, 0.25) is 5.91 Å². The number of nitrogens with two attached hydrogens (primary N) is 1. The minimum Gasteiger partial charge on any atom is -0.409 e. The number of amidine groups is 1. The smallest absolute Gasteiger partial charge is 0.230 e. The normalized spacial score (nSPS) is 19.2. The molecule has 0 bridgehead atoms. The monoisotopic (exact) mass is 242 g/mol. The van der Waals surface area contributed by atoms with Crippen LogP contribution < -0.4 is 11.1 Å². The first-order valence-corrected chi connectivity index (χ1v) is 6.16. The lowest BCUT2D eigenvalue weighted by Crippen LogP contribution is -2.41. The molecule has 6 nitrogen and oxygen atoms in total. The summed E-state index contributed by atoms with van der Waals surface area (Å²) in [5.41, 5.74) is 5.45. The van der Waals surface area contributed by atoms with Crippen molar-refractivity contribution in [2.45, 2.75) is 26.2 Å². The van der Waals surface area contributed by atoms with Crippen molar-refractivity contribution in [1.82, 2.24) is 10.2 Å². The van der Waals surface area contributed by atoms with Crippen LogP contribution in [0.5, 0.6) is 0 Å². The molecular weight excluding hydrogens is 220 g/mol. The van der Waals surface area contributed by atoms with Gasteiger partial charge in [0.25, 0.3) is 0 Å². The summed E-state index contributed by atoms with van der Waals surface area (Å²) in [6.45, 7) is 5.57. The molecule has 0 aromatic rings. The standard InChI is InChI=1S/C11H22N4O2/c1-2-9(10(12)14-17)11(16)13-5-8-15-6-3-4-7-15/h9,17H,2-8H2,1H3,(H2,12,14)(H,13,16). The van der Waals surface area contributed by atoms with Crippen LogP contribution in [0.1, 0.15) is 26.2 Å². The van der Waals surface area contributed by atoms with E-state index in [1.165, 1.54) is 12.8 Å². The van der Waals surface area contributed by atoms with Gasteiger partial charge in [-0.05, 0) is 32.4 Å². The fourth-order valence-corrected chi connectivity index (χ4v) is 2.07. The highest BCUT2D eigenvalue weighted by atomic mass is 16.4. The van der Waals surface area contributed by atoms with Gasteiger partial charge in [-0.3, -0.25) is 4.79 Å². The van der Waals surface area contributed by atoms with Crippen LogP contribution in [0, 0.1) is 5.92 Å². The van der Waals surface area contributed by atoms with E-state index in [1.54, 1.807) is 0 Å². The second-order valence-corrected chi connectivity index (χ2v) is 4.33. The van der Waals surface area contributed by atoms with Gasteiger partial charge in [-0.25, -0.2) is 0 Å². The summed E-state index contributed by atoms with van der Waals surface area (Å²) >= 11 is 0. The first-order chi connectivity index (χ1) is 8.19. The van der Waals surface area contributed by atoms with Crippen LogP contribution in [-0.2, 0) is 4.79 Å². The summed E-state index contributed by atoms with van der Waals surface area (Å²) < 4.78 is 0. The van der Waals surface area contributed by atoms with Gasteiger partial charge in [0.1, 0.15) is 0 Å². The number of likely N-dealkylation sites (tertiary alicyclic amines) is 1. The van der Waals surface area contributed by atoms with E-state index >= 15 is 0 Å². The van der Waals surface area contributed by atoms with E-state index in [-0.39, 0.29) is 11.7 Å². The summed E-state index contributed by atoms with van der Waals surface area (Å²) in [7, 11) is 0. The van der Waals surface area contributed by atoms with Crippen LogP contribution in [0.3, 0.4) is 0 Å². The maximum Gasteiger partial charge on any atom is 0.230 e. The molecule has 0 aromatic carbocycles. The Morgan fingerprint density at radius 1 is 1.53 bits per heavy atom. The van der Waals surface area contributed by atoms with E-state index in [0.717, 1.165) is 19.6 Å². The Hall–Kier alpha value is -1.30. The Labute approximate surface area is 102 Å². The van der Waals surface area contributed by atoms with Gasteiger partial charge in [-0.1, -0.05) is 12.1 Å². The highest BCUT2D eigenvalue weighted by molar-refractivity contribution is 6.01. The van der Waals surface area contributed by atoms with Crippen LogP contribution in [0.15, 0.2) is 5.16 Å². The van der Waals surface area contributed by atoms with Crippen LogP contribution in [-0.4, -0.2) is 48.0 Å². The van der Waals surface area contributed by atoms with E-state index in [9.17, 15) is 4.79 Å². The van der Waals surface area contributed by atoms with Crippen molar-refractivity contribution in [2.24, 2.45) is 16.8 Å². The Kier molecular flexibility index (Phi) is 5.76. The molecule has 1 aliphatic heterocycles. The van der Waals surface area contributed by atoms with Crippen molar-refractivity contribution >= 4 is 11.7 Å². The molecule has 1 aliphatic rings. The van der Waals surface area contributed by atoms with Crippen molar-refractivity contribution in [3.63, 3.8) is 0 Å². The molecule has 98 valence electrons. The molecule has 1 heterocycles. The summed E-state index contributed by atoms with van der Waals surface area (Å²) in [6, 6.07) is 0. The molecule has 0 aromatic heterocycles. The molecular formula is C11H22N4O2. The number of carbonyl (C=O) groups excluding carboxylic acids is 1. The summed E-state index contributed by atoms with van der Waals surface area (Å²) in [5, 5.41) is 14.3. The first-order valence-electron chi connectivity index (χ1n) is 6.16. The maximum atomic E-state index is 11.7. The van der Waals surface area contributed by atoms with Gasteiger partial charge in [0.05, 0.1) is 5.92 Å². The van der Waals surface area contributed by atoms with Crippen molar-refractivity contribution in [3.05, 3.63) is 0 Å². The number of nitrogens with zero attached hydrogens (tertiary/aromatic N) is 2. The number of carbonyl (C=O) groups is 1. The van der Waals surface area contributed by atoms with Crippen molar-refractivity contribution < 1.29 is 10.0 Å². The van der Waals surface area contributed by atoms with Crippen LogP contribution in [0.4, 0.5) is 0 Å². The number of hydrogen-bond donors (Lipinski definition) is 3. The molecule has 1 atom stereocenters. The SMILES string of the molecule is CCC(C(=O)NCCN1CCCC1)C(N)=NO. The molecule has 0 radical (unpaired) electrons. The highest BCUT2D eigenvalue weighted by Crippen LogP contribution is 2.06. The van der Waals surface area contributed by atoms with Gasteiger partial charge >= 0.3 is 0 Å². The largest absolute Gasteiger partial charge is 0.409 e. The van der Waals surface area contributed by atoms with Crippen LogP contribution in [0.25, 0.3) is 0 Å². The molecule has 1 fully saturated rings. The van der Waals surface area contributed by atoms with Crippen LogP contribution >= 0.6 is 0 Å². The van der Waals surface area contributed by atoms with E-state index in [0.29, 0.717) is 13.0 Å². The van der Waals surface area contributed by atoms with Crippen LogP contribution in [0.2, 0.25) is 0 Å². The minimum atomic E-state index is -0.529. The fourth-order valence-electron chi connectivity index (χ4n) is 2.07. The second-order valence-electron chi connectivity index (χ2n) is 4.33. The Balaban J connectivity index is 2.27. The van der Waals surface area contributed by atoms with Crippen molar-refractivity contribution in [2.75, 3.05) is 26.2 Å². The lowest BCUT2D eigenvalue weighted by molar-refractivity contribution is -0.123. The average molecular weight is 242 g/mol. The molecule has 0 aliphatic carbocycles. The third kappa shape index (κ3) is 4.22. The molecule has 17 heavy (non-hydrogen) atoms. The lowest BCUT2D eigenvalue weighted by atomic mass is 10.1. The van der Waals surface area contributed by atoms with E-state index in [1.807, 2.05) is 6.92 Å². The highest BCUT2D eigenvalue weighted by Gasteiger charge is 2.21. The molecule has 1 amide bonds. The third-order valence-corrected chi connectivity index (χ3v) is 3.12. The molecule has 0 spiro atoms. The molecule has 1 rings (SSSR count). The summed E-state index contributed by atoms with van der Waals surface area (Å²) in [6.07, 6.45) is 3.02. The Morgan fingerprint density at radius 2 is 2.18 bits per heavy atom. The Morgan fingerprint density at radius 3 is 2.71 bits per heavy atom. The summed E-state index contributed by atoms with van der Waals surface area (Å²) in [4.78, 5) is 14.1. The Bertz CT molecular complexity index is 275. The van der Waals surface area contributed by atoms with Crippen molar-refractivity contribution in [3.8, 4) is 0 Å². The topological polar surface area (TPSA) is 91.0 Å². The number of oxime groups is 1. The van der Waals surface area contributed by atoms with Gasteiger partial charge < -0.3 is 21.2 Å². The molecule has 1 saturated heterocycles. The zero-order chi connectivity index (χ0) is 12.7. The van der Waals surface area contributed by atoms with Gasteiger partial charge in [0, 0.05) is 13.1 Å². The first kappa shape index (κ1) is 13.8. The number of amides is 1. The third-order valence-electron chi connectivity index (χ3n) is 3.12. The van der Waals surface area contributed by atoms with E-state index in [4.69, 9.17) is 10.9 Å². The summed E-state index contributed by atoms with van der Waals surface area (Å²) in [5.74, 6) is -0.716. The van der Waals surface area contributed by atoms with Gasteiger partial charge in [-0.15, -0.1) is 0 Å². The lowest BCUT2D eigenvalue weighted by Gasteiger charge is -2.17. The maximum absolute atomic E-state index is 11.7.